The van der Waals surface area contributed by atoms with Crippen molar-refractivity contribution in [2.45, 2.75) is 61.6 Å². The van der Waals surface area contributed by atoms with Gasteiger partial charge in [-0.25, -0.2) is 0 Å². The van der Waals surface area contributed by atoms with Crippen molar-refractivity contribution in [3.8, 4) is 0 Å². The molecule has 0 bridgehead atoms. The van der Waals surface area contributed by atoms with E-state index in [4.69, 9.17) is 0 Å². The molecule has 7 nitrogen and oxygen atoms in total. The maximum atomic E-state index is 14.0. The first-order valence-corrected chi connectivity index (χ1v) is 12.3. The van der Waals surface area contributed by atoms with Crippen LogP contribution in [0.4, 0.5) is 0 Å². The maximum absolute atomic E-state index is 14.0. The van der Waals surface area contributed by atoms with E-state index in [9.17, 15) is 19.5 Å². The highest BCUT2D eigenvalue weighted by Gasteiger charge is 2.73. The molecular formula is C24H35N3O4S. The number of thioether (sulfide) groups is 1. The number of unbranched alkanes of at least 4 members (excludes halogenated alkanes) is 1. The summed E-state index contributed by atoms with van der Waals surface area (Å²) in [6, 6.07) is -0.656. The number of nitrogens with zero attached hydrogens (tertiary/aromatic N) is 3. The van der Waals surface area contributed by atoms with Crippen LogP contribution in [0.1, 0.15) is 40.5 Å². The number of hydrogen-bond acceptors (Lipinski definition) is 5. The molecule has 1 N–H and O–H groups in total. The minimum Gasteiger partial charge on any atom is -0.396 e. The number of fused-ring (bicyclic) bond motifs is 2. The van der Waals surface area contributed by atoms with Crippen molar-refractivity contribution < 1.29 is 19.5 Å². The van der Waals surface area contributed by atoms with E-state index in [0.717, 1.165) is 0 Å². The lowest BCUT2D eigenvalue weighted by Crippen LogP contribution is -2.57. The van der Waals surface area contributed by atoms with E-state index in [1.807, 2.05) is 44.7 Å². The van der Waals surface area contributed by atoms with Crippen molar-refractivity contribution in [1.82, 2.24) is 14.7 Å². The van der Waals surface area contributed by atoms with Crippen LogP contribution in [0.15, 0.2) is 24.3 Å². The molecule has 4 rings (SSSR count). The molecule has 1 unspecified atom stereocenters. The summed E-state index contributed by atoms with van der Waals surface area (Å²) < 4.78 is -1.34. The molecule has 4 aliphatic heterocycles. The van der Waals surface area contributed by atoms with E-state index in [-0.39, 0.29) is 24.3 Å². The third-order valence-corrected chi connectivity index (χ3v) is 9.17. The fourth-order valence-electron chi connectivity index (χ4n) is 5.88. The first-order valence-electron chi connectivity index (χ1n) is 11.5. The number of aliphatic hydroxyl groups is 1. The summed E-state index contributed by atoms with van der Waals surface area (Å²) in [5, 5.41) is 9.28. The van der Waals surface area contributed by atoms with Gasteiger partial charge in [0.25, 0.3) is 0 Å². The van der Waals surface area contributed by atoms with Crippen LogP contribution in [-0.2, 0) is 14.4 Å². The van der Waals surface area contributed by atoms with E-state index >= 15 is 0 Å². The van der Waals surface area contributed by atoms with Gasteiger partial charge in [0.05, 0.1) is 16.6 Å². The third kappa shape index (κ3) is 3.33. The Balaban J connectivity index is 1.85. The van der Waals surface area contributed by atoms with E-state index in [1.54, 1.807) is 28.6 Å². The Morgan fingerprint density at radius 2 is 1.72 bits per heavy atom. The predicted molar refractivity (Wildman–Crippen MR) is 125 cm³/mol. The molecule has 0 aromatic carbocycles. The molecule has 2 saturated heterocycles. The third-order valence-electron chi connectivity index (χ3n) is 7.38. The molecule has 1 spiro atoms. The van der Waals surface area contributed by atoms with E-state index < -0.39 is 32.9 Å². The quantitative estimate of drug-likeness (QED) is 0.509. The highest BCUT2D eigenvalue weighted by Crippen LogP contribution is 2.65. The van der Waals surface area contributed by atoms with Crippen molar-refractivity contribution in [3.63, 3.8) is 0 Å². The van der Waals surface area contributed by atoms with Gasteiger partial charge in [-0.05, 0) is 40.5 Å². The fourth-order valence-corrected chi connectivity index (χ4v) is 8.04. The minimum absolute atomic E-state index is 0.0334. The second-order valence-electron chi connectivity index (χ2n) is 10.6. The molecule has 176 valence electrons. The van der Waals surface area contributed by atoms with Crippen molar-refractivity contribution in [3.05, 3.63) is 24.3 Å². The Hall–Kier alpha value is -1.80. The average Bonchev–Trinajstić information content (AvgIpc) is 2.96. The Morgan fingerprint density at radius 3 is 2.38 bits per heavy atom. The van der Waals surface area contributed by atoms with Crippen LogP contribution in [-0.4, -0.2) is 91.9 Å². The lowest BCUT2D eigenvalue weighted by atomic mass is 9.74. The van der Waals surface area contributed by atoms with Crippen molar-refractivity contribution >= 4 is 29.5 Å². The van der Waals surface area contributed by atoms with E-state index in [0.29, 0.717) is 32.5 Å². The SMILES string of the molecule is CN1CC=C[C@]2(C)S[C@]34C=CCN(C(C)(C)C)C(=O)C3N(CCCCO)C(=O)[C@@H]4[C@@H]2C1=O. The molecule has 4 aliphatic rings. The molecule has 0 aliphatic carbocycles. The monoisotopic (exact) mass is 461 g/mol. The van der Waals surface area contributed by atoms with Gasteiger partial charge >= 0.3 is 0 Å². The average molecular weight is 462 g/mol. The molecule has 0 radical (unpaired) electrons. The molecule has 0 saturated carbocycles. The van der Waals surface area contributed by atoms with Crippen LogP contribution in [0.25, 0.3) is 0 Å². The molecule has 5 atom stereocenters. The van der Waals surface area contributed by atoms with Gasteiger partial charge in [0.2, 0.25) is 17.7 Å². The molecule has 0 aromatic heterocycles. The summed E-state index contributed by atoms with van der Waals surface area (Å²) in [6.45, 7) is 9.53. The number of likely N-dealkylation sites (N-methyl/N-ethyl adjacent to an activating group) is 1. The number of rotatable bonds is 4. The first-order chi connectivity index (χ1) is 15.0. The highest BCUT2D eigenvalue weighted by atomic mass is 32.2. The fraction of sp³-hybridized carbons (Fsp3) is 0.708. The van der Waals surface area contributed by atoms with Crippen molar-refractivity contribution in [2.75, 3.05) is 33.3 Å². The Morgan fingerprint density at radius 1 is 1.03 bits per heavy atom. The van der Waals surface area contributed by atoms with Gasteiger partial charge in [0, 0.05) is 43.6 Å². The lowest BCUT2D eigenvalue weighted by molar-refractivity contribution is -0.146. The van der Waals surface area contributed by atoms with E-state index in [1.165, 1.54) is 0 Å². The molecule has 0 aromatic rings. The maximum Gasteiger partial charge on any atom is 0.247 e. The Bertz CT molecular complexity index is 881. The molecule has 32 heavy (non-hydrogen) atoms. The molecule has 8 heteroatoms. The normalized spacial score (nSPS) is 36.9. The van der Waals surface area contributed by atoms with Crippen LogP contribution in [0, 0.1) is 11.8 Å². The first kappa shape index (κ1) is 23.4. The highest BCUT2D eigenvalue weighted by molar-refractivity contribution is 8.02. The summed E-state index contributed by atoms with van der Waals surface area (Å²) in [5.74, 6) is -1.31. The number of hydrogen-bond donors (Lipinski definition) is 1. The smallest absolute Gasteiger partial charge is 0.247 e. The van der Waals surface area contributed by atoms with Gasteiger partial charge in [0.15, 0.2) is 0 Å². The largest absolute Gasteiger partial charge is 0.396 e. The summed E-state index contributed by atoms with van der Waals surface area (Å²) in [6.07, 6.45) is 9.34. The van der Waals surface area contributed by atoms with Crippen LogP contribution in [0.2, 0.25) is 0 Å². The van der Waals surface area contributed by atoms with Gasteiger partial charge in [0.1, 0.15) is 6.04 Å². The number of aliphatic hydroxyl groups excluding tert-OH is 1. The zero-order chi connectivity index (χ0) is 23.5. The number of carbonyl (C=O) groups excluding carboxylic acids is 3. The molecular weight excluding hydrogens is 426 g/mol. The van der Waals surface area contributed by atoms with Crippen LogP contribution >= 0.6 is 11.8 Å². The standard InChI is InChI=1S/C24H35N3O4S/c1-22(2,3)27-14-9-11-24-17(16-19(29)25(5)12-8-10-23(16,4)32-24)20(30)26(13-6-7-15-28)18(24)21(27)31/h8-11,16-18,28H,6-7,12-15H2,1-5H3/t16-,17+,18?,23+,24+/m1/s1. The number of likely N-dealkylation sites (tertiary alicyclic amines) is 1. The van der Waals surface area contributed by atoms with Crippen molar-refractivity contribution in [1.29, 1.82) is 0 Å². The topological polar surface area (TPSA) is 81.2 Å². The number of amides is 3. The van der Waals surface area contributed by atoms with Gasteiger partial charge in [-0.15, -0.1) is 11.8 Å². The van der Waals surface area contributed by atoms with Crippen LogP contribution in [0.5, 0.6) is 0 Å². The lowest BCUT2D eigenvalue weighted by Gasteiger charge is -2.41. The second kappa shape index (κ2) is 7.90. The summed E-state index contributed by atoms with van der Waals surface area (Å²) >= 11 is 1.61. The van der Waals surface area contributed by atoms with Crippen molar-refractivity contribution in [2.24, 2.45) is 11.8 Å². The summed E-state index contributed by atoms with van der Waals surface area (Å²) in [5.41, 5.74) is -0.391. The van der Waals surface area contributed by atoms with E-state index in [2.05, 4.69) is 12.2 Å². The van der Waals surface area contributed by atoms with Gasteiger partial charge in [-0.3, -0.25) is 14.4 Å². The molecule has 4 heterocycles. The van der Waals surface area contributed by atoms with Crippen LogP contribution in [0.3, 0.4) is 0 Å². The van der Waals surface area contributed by atoms with Gasteiger partial charge in [-0.1, -0.05) is 24.3 Å². The molecule has 2 fully saturated rings. The second-order valence-corrected chi connectivity index (χ2v) is 12.4. The summed E-state index contributed by atoms with van der Waals surface area (Å²) in [4.78, 5) is 46.8. The summed E-state index contributed by atoms with van der Waals surface area (Å²) in [7, 11) is 1.78. The van der Waals surface area contributed by atoms with Crippen LogP contribution < -0.4 is 0 Å². The minimum atomic E-state index is -0.787. The number of carbonyl (C=O) groups is 3. The Labute approximate surface area is 194 Å². The Kier molecular flexibility index (Phi) is 5.77. The zero-order valence-electron chi connectivity index (χ0n) is 19.7. The van der Waals surface area contributed by atoms with Gasteiger partial charge in [-0.2, -0.15) is 0 Å². The zero-order valence-corrected chi connectivity index (χ0v) is 20.5. The predicted octanol–water partition coefficient (Wildman–Crippen LogP) is 1.67. The van der Waals surface area contributed by atoms with Gasteiger partial charge < -0.3 is 19.8 Å². The molecule has 3 amide bonds.